The molecule has 1 saturated carbocycles. The van der Waals surface area contributed by atoms with Gasteiger partial charge in [0.05, 0.1) is 18.1 Å². The van der Waals surface area contributed by atoms with Crippen molar-refractivity contribution in [3.63, 3.8) is 0 Å². The van der Waals surface area contributed by atoms with E-state index in [4.69, 9.17) is 4.74 Å². The Bertz CT molecular complexity index is 914. The van der Waals surface area contributed by atoms with Crippen LogP contribution >= 0.6 is 0 Å². The number of rotatable bonds is 4. The van der Waals surface area contributed by atoms with Gasteiger partial charge in [-0.25, -0.2) is 14.5 Å². The van der Waals surface area contributed by atoms with Crippen molar-refractivity contribution in [2.45, 2.75) is 38.5 Å². The molecule has 0 atom stereocenters. The van der Waals surface area contributed by atoms with Crippen LogP contribution in [0.1, 0.15) is 43.3 Å². The maximum Gasteiger partial charge on any atom is 0.304 e. The quantitative estimate of drug-likeness (QED) is 0.708. The van der Waals surface area contributed by atoms with Crippen LogP contribution in [-0.2, 0) is 0 Å². The molecule has 2 heterocycles. The second kappa shape index (κ2) is 7.23. The summed E-state index contributed by atoms with van der Waals surface area (Å²) in [6, 6.07) is 6.18. The summed E-state index contributed by atoms with van der Waals surface area (Å²) in [6.07, 6.45) is 11.6. The van der Waals surface area contributed by atoms with E-state index < -0.39 is 0 Å². The fourth-order valence-electron chi connectivity index (χ4n) is 3.79. The monoisotopic (exact) mass is 350 g/mol. The van der Waals surface area contributed by atoms with Gasteiger partial charge in [0.2, 0.25) is 5.91 Å². The highest BCUT2D eigenvalue weighted by atomic mass is 16.5. The van der Waals surface area contributed by atoms with Gasteiger partial charge in [-0.15, -0.1) is 0 Å². The second-order valence-corrected chi connectivity index (χ2v) is 6.87. The molecule has 26 heavy (non-hydrogen) atoms. The third-order valence-corrected chi connectivity index (χ3v) is 5.14. The minimum absolute atomic E-state index is 0.0621. The summed E-state index contributed by atoms with van der Waals surface area (Å²) in [7, 11) is 1.55. The normalized spacial score (nSPS) is 15.3. The second-order valence-electron chi connectivity index (χ2n) is 6.87. The summed E-state index contributed by atoms with van der Waals surface area (Å²) >= 11 is 0. The first-order chi connectivity index (χ1) is 12.8. The molecule has 6 heteroatoms. The first kappa shape index (κ1) is 16.7. The Morgan fingerprint density at radius 1 is 1.15 bits per heavy atom. The van der Waals surface area contributed by atoms with Crippen LogP contribution in [-0.4, -0.2) is 32.5 Å². The van der Waals surface area contributed by atoms with E-state index in [0.29, 0.717) is 18.3 Å². The number of hydrogen-bond acceptors (Lipinski definition) is 5. The van der Waals surface area contributed by atoms with Crippen LogP contribution in [0.15, 0.2) is 36.9 Å². The average molecular weight is 350 g/mol. The number of hydrogen-bond donors (Lipinski definition) is 0. The van der Waals surface area contributed by atoms with E-state index in [0.717, 1.165) is 35.0 Å². The lowest BCUT2D eigenvalue weighted by molar-refractivity contribution is 0.0862. The first-order valence-corrected chi connectivity index (χ1v) is 9.11. The zero-order valence-corrected chi connectivity index (χ0v) is 14.9. The zero-order valence-electron chi connectivity index (χ0n) is 14.9. The van der Waals surface area contributed by atoms with Crippen LogP contribution in [0.2, 0.25) is 0 Å². The molecule has 0 bridgehead atoms. The van der Waals surface area contributed by atoms with Crippen molar-refractivity contribution in [3.05, 3.63) is 36.9 Å². The molecule has 0 N–H and O–H groups in total. The Labute approximate surface area is 152 Å². The van der Waals surface area contributed by atoms with E-state index in [1.807, 2.05) is 18.2 Å². The highest BCUT2D eigenvalue weighted by molar-refractivity contribution is 5.93. The molecule has 0 spiro atoms. The van der Waals surface area contributed by atoms with E-state index >= 15 is 0 Å². The lowest BCUT2D eigenvalue weighted by Crippen LogP contribution is -2.18. The average Bonchev–Trinajstić information content (AvgIpc) is 3.07. The van der Waals surface area contributed by atoms with E-state index in [1.54, 1.807) is 24.1 Å². The third-order valence-electron chi connectivity index (χ3n) is 5.14. The molecule has 4 rings (SSSR count). The third kappa shape index (κ3) is 3.19. The van der Waals surface area contributed by atoms with Gasteiger partial charge in [-0.2, -0.15) is 4.98 Å². The lowest BCUT2D eigenvalue weighted by Gasteiger charge is -2.21. The number of carbonyl (C=O) groups is 1. The van der Waals surface area contributed by atoms with Crippen molar-refractivity contribution in [2.75, 3.05) is 7.11 Å². The van der Waals surface area contributed by atoms with Crippen LogP contribution in [0.5, 0.6) is 6.01 Å². The fourth-order valence-corrected chi connectivity index (χ4v) is 3.79. The summed E-state index contributed by atoms with van der Waals surface area (Å²) in [5.74, 6) is 0.534. The van der Waals surface area contributed by atoms with Gasteiger partial charge < -0.3 is 4.74 Å². The Hall–Kier alpha value is -2.76. The Kier molecular flexibility index (Phi) is 4.65. The van der Waals surface area contributed by atoms with Crippen LogP contribution < -0.4 is 4.74 Å². The molecule has 2 aromatic heterocycles. The van der Waals surface area contributed by atoms with Gasteiger partial charge in [0.1, 0.15) is 6.33 Å². The number of fused-ring (bicyclic) bond motifs is 1. The Morgan fingerprint density at radius 3 is 2.65 bits per heavy atom. The molecule has 0 radical (unpaired) electrons. The number of nitrogens with zero attached hydrogens (tertiary/aromatic N) is 4. The van der Waals surface area contributed by atoms with E-state index in [2.05, 4.69) is 15.0 Å². The highest BCUT2D eigenvalue weighted by Gasteiger charge is 2.22. The predicted octanol–water partition coefficient (Wildman–Crippen LogP) is 4.11. The van der Waals surface area contributed by atoms with Crippen molar-refractivity contribution < 1.29 is 9.53 Å². The van der Waals surface area contributed by atoms with Gasteiger partial charge in [0, 0.05) is 24.4 Å². The Morgan fingerprint density at radius 2 is 1.92 bits per heavy atom. The minimum Gasteiger partial charge on any atom is -0.468 e. The number of carbonyl (C=O) groups excluding carboxylic acids is 1. The number of methoxy groups -OCH3 is 1. The van der Waals surface area contributed by atoms with Gasteiger partial charge in [-0.1, -0.05) is 25.3 Å². The highest BCUT2D eigenvalue weighted by Crippen LogP contribution is 2.30. The van der Waals surface area contributed by atoms with E-state index in [1.165, 1.54) is 25.6 Å². The fraction of sp³-hybridized carbons (Fsp3) is 0.400. The number of imidazole rings is 1. The molecule has 0 saturated heterocycles. The van der Waals surface area contributed by atoms with Gasteiger partial charge in [0.15, 0.2) is 0 Å². The molecule has 1 aliphatic carbocycles. The van der Waals surface area contributed by atoms with Crippen molar-refractivity contribution in [3.8, 4) is 17.1 Å². The molecule has 1 aromatic carbocycles. The predicted molar refractivity (Wildman–Crippen MR) is 99.1 cm³/mol. The Balaban J connectivity index is 1.68. The van der Waals surface area contributed by atoms with Gasteiger partial charge in [-0.3, -0.25) is 4.79 Å². The maximum absolute atomic E-state index is 12.9. The summed E-state index contributed by atoms with van der Waals surface area (Å²) in [5, 5.41) is 0. The number of aromatic nitrogens is 4. The SMILES string of the molecule is COc1nc2cc(-c3cncnc3)ccc2n1C(=O)CC1CCCCC1. The molecule has 1 fully saturated rings. The van der Waals surface area contributed by atoms with Crippen molar-refractivity contribution in [1.82, 2.24) is 19.5 Å². The van der Waals surface area contributed by atoms with E-state index in [9.17, 15) is 4.79 Å². The van der Waals surface area contributed by atoms with Gasteiger partial charge >= 0.3 is 6.01 Å². The molecule has 6 nitrogen and oxygen atoms in total. The van der Waals surface area contributed by atoms with Crippen LogP contribution in [0.3, 0.4) is 0 Å². The molecular weight excluding hydrogens is 328 g/mol. The first-order valence-electron chi connectivity index (χ1n) is 9.11. The summed E-state index contributed by atoms with van der Waals surface area (Å²) in [5.41, 5.74) is 3.39. The lowest BCUT2D eigenvalue weighted by atomic mass is 9.87. The number of ether oxygens (including phenoxy) is 1. The smallest absolute Gasteiger partial charge is 0.304 e. The van der Waals surface area contributed by atoms with Crippen molar-refractivity contribution >= 4 is 16.9 Å². The van der Waals surface area contributed by atoms with Gasteiger partial charge in [-0.05, 0) is 36.5 Å². The van der Waals surface area contributed by atoms with Crippen LogP contribution in [0.25, 0.3) is 22.2 Å². The van der Waals surface area contributed by atoms with Crippen molar-refractivity contribution in [1.29, 1.82) is 0 Å². The molecule has 134 valence electrons. The van der Waals surface area contributed by atoms with Crippen LogP contribution in [0.4, 0.5) is 0 Å². The maximum atomic E-state index is 12.9. The summed E-state index contributed by atoms with van der Waals surface area (Å²) < 4.78 is 7.01. The van der Waals surface area contributed by atoms with E-state index in [-0.39, 0.29) is 5.91 Å². The minimum atomic E-state index is 0.0621. The molecular formula is C20H22N4O2. The largest absolute Gasteiger partial charge is 0.468 e. The topological polar surface area (TPSA) is 69.9 Å². The van der Waals surface area contributed by atoms with Crippen LogP contribution in [0, 0.1) is 5.92 Å². The van der Waals surface area contributed by atoms with Crippen molar-refractivity contribution in [2.24, 2.45) is 5.92 Å². The molecule has 0 amide bonds. The number of benzene rings is 1. The summed E-state index contributed by atoms with van der Waals surface area (Å²) in [4.78, 5) is 25.6. The molecule has 0 unspecified atom stereocenters. The standard InChI is InChI=1S/C20H22N4O2/c1-26-20-23-17-10-15(16-11-21-13-22-12-16)7-8-18(17)24(20)19(25)9-14-5-3-2-4-6-14/h7-8,10-14H,2-6,9H2,1H3. The molecule has 1 aliphatic rings. The summed E-state index contributed by atoms with van der Waals surface area (Å²) in [6.45, 7) is 0. The van der Waals surface area contributed by atoms with Gasteiger partial charge in [0.25, 0.3) is 0 Å². The molecule has 0 aliphatic heterocycles. The zero-order chi connectivity index (χ0) is 17.9. The molecule has 3 aromatic rings.